The summed E-state index contributed by atoms with van der Waals surface area (Å²) < 4.78 is 7.24. The lowest BCUT2D eigenvalue weighted by Crippen LogP contribution is -2.43. The van der Waals surface area contributed by atoms with Crippen molar-refractivity contribution in [3.05, 3.63) is 42.1 Å². The van der Waals surface area contributed by atoms with Gasteiger partial charge in [-0.2, -0.15) is 5.10 Å². The number of rotatable bonds is 5. The van der Waals surface area contributed by atoms with Crippen molar-refractivity contribution in [2.24, 2.45) is 0 Å². The summed E-state index contributed by atoms with van der Waals surface area (Å²) in [6.07, 6.45) is 2.77. The molecule has 2 aliphatic rings. The van der Waals surface area contributed by atoms with Crippen LogP contribution in [-0.4, -0.2) is 41.5 Å². The summed E-state index contributed by atoms with van der Waals surface area (Å²) >= 11 is 0. The minimum Gasteiger partial charge on any atom is -0.378 e. The lowest BCUT2D eigenvalue weighted by atomic mass is 10.2. The second-order valence-corrected chi connectivity index (χ2v) is 6.45. The largest absolute Gasteiger partial charge is 0.378 e. The Balaban J connectivity index is 0.00000182. The molecule has 1 aromatic carbocycles. The Kier molecular flexibility index (Phi) is 5.73. The molecule has 4 rings (SSSR count). The number of benzene rings is 1. The zero-order valence-corrected chi connectivity index (χ0v) is 14.8. The standard InChI is InChI=1S/C18H22N4O2.ClH/c23-18(10-14-12-24-9-8-19-14)20-17-11-16(13-6-7-13)21-22(17)15-4-2-1-3-5-15;/h1-5,11,13-14,19H,6-10,12H2,(H,20,23);1H. The van der Waals surface area contributed by atoms with Gasteiger partial charge in [0.1, 0.15) is 5.82 Å². The molecule has 1 saturated heterocycles. The van der Waals surface area contributed by atoms with Gasteiger partial charge < -0.3 is 15.4 Å². The molecule has 1 amide bonds. The van der Waals surface area contributed by atoms with Crippen molar-refractivity contribution < 1.29 is 9.53 Å². The summed E-state index contributed by atoms with van der Waals surface area (Å²) in [5.74, 6) is 1.27. The zero-order chi connectivity index (χ0) is 16.4. The van der Waals surface area contributed by atoms with Crippen LogP contribution in [0.4, 0.5) is 5.82 Å². The van der Waals surface area contributed by atoms with E-state index in [4.69, 9.17) is 9.84 Å². The maximum Gasteiger partial charge on any atom is 0.227 e. The van der Waals surface area contributed by atoms with Crippen LogP contribution in [0.25, 0.3) is 5.69 Å². The number of nitrogens with zero attached hydrogens (tertiary/aromatic N) is 2. The second-order valence-electron chi connectivity index (χ2n) is 6.45. The van der Waals surface area contributed by atoms with E-state index in [9.17, 15) is 4.79 Å². The van der Waals surface area contributed by atoms with E-state index in [1.165, 1.54) is 12.8 Å². The van der Waals surface area contributed by atoms with E-state index in [0.717, 1.165) is 23.7 Å². The summed E-state index contributed by atoms with van der Waals surface area (Å²) in [5, 5.41) is 11.0. The third-order valence-electron chi connectivity index (χ3n) is 4.42. The number of halogens is 1. The number of aromatic nitrogens is 2. The molecule has 2 heterocycles. The van der Waals surface area contributed by atoms with Crippen molar-refractivity contribution in [3.8, 4) is 5.69 Å². The van der Waals surface area contributed by atoms with Gasteiger partial charge in [0, 0.05) is 31.0 Å². The number of ether oxygens (including phenoxy) is 1. The normalized spacial score (nSPS) is 19.9. The number of morpholine rings is 1. The highest BCUT2D eigenvalue weighted by molar-refractivity contribution is 5.90. The first-order valence-corrected chi connectivity index (χ1v) is 8.56. The molecule has 0 radical (unpaired) electrons. The van der Waals surface area contributed by atoms with Crippen LogP contribution in [-0.2, 0) is 9.53 Å². The van der Waals surface area contributed by atoms with Gasteiger partial charge in [0.25, 0.3) is 0 Å². The highest BCUT2D eigenvalue weighted by Gasteiger charge is 2.28. The Bertz CT molecular complexity index is 709. The number of amides is 1. The molecule has 1 unspecified atom stereocenters. The average Bonchev–Trinajstić information content (AvgIpc) is 3.38. The molecule has 1 saturated carbocycles. The van der Waals surface area contributed by atoms with E-state index in [0.29, 0.717) is 25.6 Å². The molecule has 1 atom stereocenters. The Morgan fingerprint density at radius 1 is 1.32 bits per heavy atom. The number of anilines is 1. The predicted octanol–water partition coefficient (Wildman–Crippen LogP) is 2.49. The number of carbonyl (C=O) groups is 1. The number of hydrogen-bond acceptors (Lipinski definition) is 4. The first-order valence-electron chi connectivity index (χ1n) is 8.56. The number of hydrogen-bond donors (Lipinski definition) is 2. The van der Waals surface area contributed by atoms with E-state index in [-0.39, 0.29) is 24.4 Å². The second kappa shape index (κ2) is 7.99. The SMILES string of the molecule is Cl.O=C(CC1COCCN1)Nc1cc(C2CC2)nn1-c1ccccc1. The summed E-state index contributed by atoms with van der Waals surface area (Å²) in [5.41, 5.74) is 2.02. The molecule has 0 spiro atoms. The predicted molar refractivity (Wildman–Crippen MR) is 98.6 cm³/mol. The van der Waals surface area contributed by atoms with Crippen LogP contribution in [0.1, 0.15) is 30.9 Å². The molecule has 2 aromatic rings. The molecule has 134 valence electrons. The first-order chi connectivity index (χ1) is 11.8. The molecule has 25 heavy (non-hydrogen) atoms. The van der Waals surface area contributed by atoms with Gasteiger partial charge in [-0.1, -0.05) is 18.2 Å². The number of nitrogens with one attached hydrogen (secondary N) is 2. The van der Waals surface area contributed by atoms with Gasteiger partial charge in [0.15, 0.2) is 0 Å². The third kappa shape index (κ3) is 4.39. The van der Waals surface area contributed by atoms with Crippen molar-refractivity contribution in [2.45, 2.75) is 31.2 Å². The van der Waals surface area contributed by atoms with Crippen molar-refractivity contribution in [2.75, 3.05) is 25.1 Å². The minimum atomic E-state index is -0.0163. The molecule has 2 N–H and O–H groups in total. The quantitative estimate of drug-likeness (QED) is 0.857. The molecule has 1 aliphatic heterocycles. The van der Waals surface area contributed by atoms with Gasteiger partial charge in [0.2, 0.25) is 5.91 Å². The van der Waals surface area contributed by atoms with E-state index in [1.807, 2.05) is 41.1 Å². The minimum absolute atomic E-state index is 0. The van der Waals surface area contributed by atoms with E-state index >= 15 is 0 Å². The Morgan fingerprint density at radius 2 is 2.12 bits per heavy atom. The summed E-state index contributed by atoms with van der Waals surface area (Å²) in [4.78, 5) is 12.4. The zero-order valence-electron chi connectivity index (χ0n) is 14.0. The number of carbonyl (C=O) groups excluding carboxylic acids is 1. The van der Waals surface area contributed by atoms with Crippen LogP contribution in [0.3, 0.4) is 0 Å². The third-order valence-corrected chi connectivity index (χ3v) is 4.42. The fraction of sp³-hybridized carbons (Fsp3) is 0.444. The Hall–Kier alpha value is -1.89. The lowest BCUT2D eigenvalue weighted by Gasteiger charge is -2.23. The summed E-state index contributed by atoms with van der Waals surface area (Å²) in [6.45, 7) is 2.09. The molecule has 7 heteroatoms. The van der Waals surface area contributed by atoms with Crippen LogP contribution in [0.15, 0.2) is 36.4 Å². The van der Waals surface area contributed by atoms with Crippen molar-refractivity contribution in [1.29, 1.82) is 0 Å². The van der Waals surface area contributed by atoms with Gasteiger partial charge in [0.05, 0.1) is 24.6 Å². The van der Waals surface area contributed by atoms with Gasteiger partial charge in [-0.15, -0.1) is 12.4 Å². The highest BCUT2D eigenvalue weighted by Crippen LogP contribution is 2.40. The van der Waals surface area contributed by atoms with Crippen LogP contribution in [0, 0.1) is 0 Å². The van der Waals surface area contributed by atoms with Gasteiger partial charge in [-0.3, -0.25) is 4.79 Å². The van der Waals surface area contributed by atoms with E-state index in [1.54, 1.807) is 0 Å². The first kappa shape index (κ1) is 17.9. The fourth-order valence-corrected chi connectivity index (χ4v) is 3.00. The summed E-state index contributed by atoms with van der Waals surface area (Å²) in [7, 11) is 0. The fourth-order valence-electron chi connectivity index (χ4n) is 3.00. The maximum atomic E-state index is 12.4. The Morgan fingerprint density at radius 3 is 2.80 bits per heavy atom. The summed E-state index contributed by atoms with van der Waals surface area (Å²) in [6, 6.07) is 12.0. The van der Waals surface area contributed by atoms with Gasteiger partial charge in [-0.25, -0.2) is 4.68 Å². The lowest BCUT2D eigenvalue weighted by molar-refractivity contribution is -0.117. The van der Waals surface area contributed by atoms with E-state index in [2.05, 4.69) is 10.6 Å². The highest BCUT2D eigenvalue weighted by atomic mass is 35.5. The molecule has 6 nitrogen and oxygen atoms in total. The van der Waals surface area contributed by atoms with Crippen LogP contribution >= 0.6 is 12.4 Å². The smallest absolute Gasteiger partial charge is 0.227 e. The monoisotopic (exact) mass is 362 g/mol. The Labute approximate surface area is 153 Å². The molecule has 0 bridgehead atoms. The molecule has 1 aliphatic carbocycles. The van der Waals surface area contributed by atoms with Crippen LogP contribution < -0.4 is 10.6 Å². The molecule has 2 fully saturated rings. The molecule has 1 aromatic heterocycles. The topological polar surface area (TPSA) is 68.2 Å². The average molecular weight is 363 g/mol. The molecular formula is C18H23ClN4O2. The van der Waals surface area contributed by atoms with E-state index < -0.39 is 0 Å². The maximum absolute atomic E-state index is 12.4. The van der Waals surface area contributed by atoms with Gasteiger partial charge >= 0.3 is 0 Å². The molecular weight excluding hydrogens is 340 g/mol. The van der Waals surface area contributed by atoms with Crippen molar-refractivity contribution in [3.63, 3.8) is 0 Å². The van der Waals surface area contributed by atoms with Gasteiger partial charge in [-0.05, 0) is 25.0 Å². The van der Waals surface area contributed by atoms with Crippen molar-refractivity contribution >= 4 is 24.1 Å². The number of para-hydroxylation sites is 1. The van der Waals surface area contributed by atoms with Crippen LogP contribution in [0.5, 0.6) is 0 Å². The van der Waals surface area contributed by atoms with Crippen LogP contribution in [0.2, 0.25) is 0 Å². The van der Waals surface area contributed by atoms with Crippen molar-refractivity contribution in [1.82, 2.24) is 15.1 Å².